The molecule has 0 aromatic heterocycles. The molecule has 0 radical (unpaired) electrons. The molecule has 2 N–H and O–H groups in total. The summed E-state index contributed by atoms with van der Waals surface area (Å²) in [4.78, 5) is 0. The van der Waals surface area contributed by atoms with Crippen molar-refractivity contribution in [3.8, 4) is 0 Å². The number of hydrogen-bond donors (Lipinski definition) is 2. The first-order chi connectivity index (χ1) is 5.95. The lowest BCUT2D eigenvalue weighted by Gasteiger charge is -2.17. The van der Waals surface area contributed by atoms with E-state index >= 15 is 0 Å². The molecule has 0 fully saturated rings. The lowest BCUT2D eigenvalue weighted by Crippen LogP contribution is -2.19. The summed E-state index contributed by atoms with van der Waals surface area (Å²) in [7, 11) is 0. The highest BCUT2D eigenvalue weighted by molar-refractivity contribution is 4.66. The zero-order valence-corrected chi connectivity index (χ0v) is 9.21. The van der Waals surface area contributed by atoms with Crippen LogP contribution in [0.5, 0.6) is 0 Å². The number of aliphatic hydroxyl groups is 2. The predicted molar refractivity (Wildman–Crippen MR) is 55.7 cm³/mol. The SMILES string of the molecule is CCCCC(O)CCCC(C)(C)O. The Balaban J connectivity index is 3.31. The molecule has 0 bridgehead atoms. The molecule has 0 aliphatic rings. The Hall–Kier alpha value is -0.0800. The molecule has 0 aliphatic carbocycles. The van der Waals surface area contributed by atoms with Crippen LogP contribution < -0.4 is 0 Å². The largest absolute Gasteiger partial charge is 0.393 e. The smallest absolute Gasteiger partial charge is 0.0591 e. The van der Waals surface area contributed by atoms with Gasteiger partial charge in [-0.15, -0.1) is 0 Å². The van der Waals surface area contributed by atoms with Gasteiger partial charge in [0.1, 0.15) is 0 Å². The van der Waals surface area contributed by atoms with E-state index in [9.17, 15) is 10.2 Å². The van der Waals surface area contributed by atoms with Gasteiger partial charge in [0.25, 0.3) is 0 Å². The number of rotatable bonds is 7. The van der Waals surface area contributed by atoms with E-state index in [2.05, 4.69) is 6.92 Å². The molecule has 80 valence electrons. The van der Waals surface area contributed by atoms with Crippen LogP contribution in [0.4, 0.5) is 0 Å². The molecule has 0 saturated carbocycles. The van der Waals surface area contributed by atoms with E-state index < -0.39 is 5.60 Å². The predicted octanol–water partition coefficient (Wildman–Crippen LogP) is 2.48. The van der Waals surface area contributed by atoms with Crippen molar-refractivity contribution in [1.29, 1.82) is 0 Å². The van der Waals surface area contributed by atoms with Crippen LogP contribution in [0.15, 0.2) is 0 Å². The molecule has 13 heavy (non-hydrogen) atoms. The molecule has 1 atom stereocenters. The summed E-state index contributed by atoms with van der Waals surface area (Å²) >= 11 is 0. The third kappa shape index (κ3) is 9.84. The third-order valence-corrected chi connectivity index (χ3v) is 2.22. The minimum absolute atomic E-state index is 0.165. The number of hydrogen-bond acceptors (Lipinski definition) is 2. The number of aliphatic hydroxyl groups excluding tert-OH is 1. The van der Waals surface area contributed by atoms with Gasteiger partial charge < -0.3 is 10.2 Å². The Kier molecular flexibility index (Phi) is 6.35. The molecule has 2 nitrogen and oxygen atoms in total. The first-order valence-corrected chi connectivity index (χ1v) is 5.36. The van der Waals surface area contributed by atoms with Crippen LogP contribution in [0.3, 0.4) is 0 Å². The summed E-state index contributed by atoms with van der Waals surface area (Å²) in [6.45, 7) is 5.75. The zero-order valence-electron chi connectivity index (χ0n) is 9.21. The molecule has 2 heteroatoms. The Morgan fingerprint density at radius 2 is 1.69 bits per heavy atom. The van der Waals surface area contributed by atoms with Gasteiger partial charge >= 0.3 is 0 Å². The first-order valence-electron chi connectivity index (χ1n) is 5.36. The van der Waals surface area contributed by atoms with Gasteiger partial charge in [-0.05, 0) is 39.5 Å². The van der Waals surface area contributed by atoms with Crippen molar-refractivity contribution in [3.05, 3.63) is 0 Å². The Bertz CT molecular complexity index is 116. The van der Waals surface area contributed by atoms with Gasteiger partial charge in [-0.2, -0.15) is 0 Å². The van der Waals surface area contributed by atoms with Crippen LogP contribution in [0.2, 0.25) is 0 Å². The molecule has 0 aromatic rings. The maximum absolute atomic E-state index is 9.50. The summed E-state index contributed by atoms with van der Waals surface area (Å²) in [5.74, 6) is 0. The summed E-state index contributed by atoms with van der Waals surface area (Å²) in [6.07, 6.45) is 5.49. The fourth-order valence-electron chi connectivity index (χ4n) is 1.35. The number of unbranched alkanes of at least 4 members (excludes halogenated alkanes) is 1. The van der Waals surface area contributed by atoms with Crippen molar-refractivity contribution < 1.29 is 10.2 Å². The van der Waals surface area contributed by atoms with Gasteiger partial charge in [-0.1, -0.05) is 19.8 Å². The lowest BCUT2D eigenvalue weighted by atomic mass is 9.98. The van der Waals surface area contributed by atoms with Crippen LogP contribution in [0.1, 0.15) is 59.3 Å². The van der Waals surface area contributed by atoms with Crippen molar-refractivity contribution in [3.63, 3.8) is 0 Å². The topological polar surface area (TPSA) is 40.5 Å². The van der Waals surface area contributed by atoms with Crippen LogP contribution in [0, 0.1) is 0 Å². The van der Waals surface area contributed by atoms with Crippen molar-refractivity contribution in [2.45, 2.75) is 71.0 Å². The van der Waals surface area contributed by atoms with E-state index in [0.717, 1.165) is 38.5 Å². The van der Waals surface area contributed by atoms with Crippen LogP contribution in [-0.4, -0.2) is 21.9 Å². The van der Waals surface area contributed by atoms with Crippen molar-refractivity contribution in [2.75, 3.05) is 0 Å². The highest BCUT2D eigenvalue weighted by Gasteiger charge is 2.12. The average molecular weight is 188 g/mol. The minimum Gasteiger partial charge on any atom is -0.393 e. The molecular formula is C11H24O2. The van der Waals surface area contributed by atoms with Crippen molar-refractivity contribution >= 4 is 0 Å². The second-order valence-electron chi connectivity index (χ2n) is 4.50. The maximum atomic E-state index is 9.50. The molecule has 0 heterocycles. The van der Waals surface area contributed by atoms with Gasteiger partial charge in [-0.25, -0.2) is 0 Å². The molecule has 0 saturated heterocycles. The third-order valence-electron chi connectivity index (χ3n) is 2.22. The van der Waals surface area contributed by atoms with E-state index in [0.29, 0.717) is 0 Å². The molecule has 1 unspecified atom stereocenters. The van der Waals surface area contributed by atoms with Crippen LogP contribution >= 0.6 is 0 Å². The van der Waals surface area contributed by atoms with Gasteiger partial charge in [0.15, 0.2) is 0 Å². The summed E-state index contributed by atoms with van der Waals surface area (Å²) in [6, 6.07) is 0. The average Bonchev–Trinajstić information content (AvgIpc) is 1.98. The quantitative estimate of drug-likeness (QED) is 0.644. The lowest BCUT2D eigenvalue weighted by molar-refractivity contribution is 0.0611. The van der Waals surface area contributed by atoms with E-state index in [1.807, 2.05) is 13.8 Å². The molecule has 0 aliphatic heterocycles. The second-order valence-corrected chi connectivity index (χ2v) is 4.50. The van der Waals surface area contributed by atoms with Gasteiger partial charge in [0, 0.05) is 0 Å². The fraction of sp³-hybridized carbons (Fsp3) is 1.00. The van der Waals surface area contributed by atoms with Crippen molar-refractivity contribution in [2.24, 2.45) is 0 Å². The second kappa shape index (κ2) is 6.39. The van der Waals surface area contributed by atoms with E-state index in [4.69, 9.17) is 0 Å². The van der Waals surface area contributed by atoms with Crippen molar-refractivity contribution in [1.82, 2.24) is 0 Å². The summed E-state index contributed by atoms with van der Waals surface area (Å²) in [5.41, 5.74) is -0.579. The Labute approximate surface area is 82.0 Å². The van der Waals surface area contributed by atoms with Crippen LogP contribution in [-0.2, 0) is 0 Å². The first kappa shape index (κ1) is 12.9. The summed E-state index contributed by atoms with van der Waals surface area (Å²) < 4.78 is 0. The minimum atomic E-state index is -0.579. The molecule has 0 rings (SSSR count). The fourth-order valence-corrected chi connectivity index (χ4v) is 1.35. The molecule has 0 amide bonds. The summed E-state index contributed by atoms with van der Waals surface area (Å²) in [5, 5.41) is 18.9. The zero-order chi connectivity index (χ0) is 10.3. The van der Waals surface area contributed by atoms with Gasteiger partial charge in [0.2, 0.25) is 0 Å². The van der Waals surface area contributed by atoms with E-state index in [-0.39, 0.29) is 6.10 Å². The van der Waals surface area contributed by atoms with Crippen LogP contribution in [0.25, 0.3) is 0 Å². The maximum Gasteiger partial charge on any atom is 0.0591 e. The highest BCUT2D eigenvalue weighted by Crippen LogP contribution is 2.15. The standard InChI is InChI=1S/C11H24O2/c1-4-5-7-10(12)8-6-9-11(2,3)13/h10,12-13H,4-9H2,1-3H3. The van der Waals surface area contributed by atoms with E-state index in [1.54, 1.807) is 0 Å². The normalized spacial score (nSPS) is 14.5. The van der Waals surface area contributed by atoms with Gasteiger partial charge in [0.05, 0.1) is 11.7 Å². The monoisotopic (exact) mass is 188 g/mol. The Morgan fingerprint density at radius 3 is 2.15 bits per heavy atom. The molecule has 0 aromatic carbocycles. The molecule has 0 spiro atoms. The Morgan fingerprint density at radius 1 is 1.15 bits per heavy atom. The highest BCUT2D eigenvalue weighted by atomic mass is 16.3. The van der Waals surface area contributed by atoms with Gasteiger partial charge in [-0.3, -0.25) is 0 Å². The van der Waals surface area contributed by atoms with E-state index in [1.165, 1.54) is 0 Å². The molecular weight excluding hydrogens is 164 g/mol.